The third-order valence-electron chi connectivity index (χ3n) is 14.4. The second kappa shape index (κ2) is 29.0. The first-order valence-corrected chi connectivity index (χ1v) is 27.0. The van der Waals surface area contributed by atoms with Crippen LogP contribution < -0.4 is 20.1 Å². The quantitative estimate of drug-likeness (QED) is 0.0768. The molecule has 10 rings (SSSR count). The van der Waals surface area contributed by atoms with Crippen molar-refractivity contribution in [3.8, 4) is 11.5 Å². The molecule has 4 aromatic carbocycles. The van der Waals surface area contributed by atoms with Crippen LogP contribution in [-0.2, 0) is 41.4 Å². The second-order valence-electron chi connectivity index (χ2n) is 20.7. The average molecular weight is 1170 g/mol. The molecule has 6 fully saturated rings. The number of aliphatic hydroxyl groups excluding tert-OH is 8. The van der Waals surface area contributed by atoms with Crippen molar-refractivity contribution >= 4 is 35.1 Å². The lowest BCUT2D eigenvalue weighted by molar-refractivity contribution is -0.231. The summed E-state index contributed by atoms with van der Waals surface area (Å²) in [5, 5.41) is 103. The average Bonchev–Trinajstić information content (AvgIpc) is 4.20. The van der Waals surface area contributed by atoms with Crippen LogP contribution in [-0.4, -0.2) is 201 Å². The Balaban J connectivity index is 0.000000181. The van der Waals surface area contributed by atoms with E-state index in [0.717, 1.165) is 61.0 Å². The Morgan fingerprint density at radius 3 is 1.19 bits per heavy atom. The molecule has 6 aliphatic heterocycles. The molecule has 80 heavy (non-hydrogen) atoms. The molecule has 24 heteroatoms. The van der Waals surface area contributed by atoms with Crippen molar-refractivity contribution in [1.29, 1.82) is 0 Å². The third kappa shape index (κ3) is 16.7. The van der Waals surface area contributed by atoms with Crippen molar-refractivity contribution in [1.82, 2.24) is 10.6 Å². The number of alkyl halides is 2. The van der Waals surface area contributed by atoms with Gasteiger partial charge in [-0.1, -0.05) is 71.7 Å². The van der Waals surface area contributed by atoms with Gasteiger partial charge < -0.3 is 90.1 Å². The van der Waals surface area contributed by atoms with Crippen molar-refractivity contribution in [2.24, 2.45) is 0 Å². The molecule has 0 spiro atoms. The van der Waals surface area contributed by atoms with Gasteiger partial charge >= 0.3 is 11.9 Å². The van der Waals surface area contributed by atoms with E-state index < -0.39 is 97.5 Å². The number of rotatable bonds is 16. The summed E-state index contributed by atoms with van der Waals surface area (Å²) in [5.74, 6) is -0.331. The predicted octanol–water partition coefficient (Wildman–Crippen LogP) is 2.77. The molecule has 0 bridgehead atoms. The Bertz CT molecular complexity index is 2430. The molecule has 20 nitrogen and oxygen atoms in total. The van der Waals surface area contributed by atoms with E-state index in [1.165, 1.54) is 0 Å². The van der Waals surface area contributed by atoms with Gasteiger partial charge in [0.25, 0.3) is 0 Å². The molecular weight excluding hydrogens is 1100 g/mol. The van der Waals surface area contributed by atoms with Crippen LogP contribution in [0.1, 0.15) is 71.3 Å². The van der Waals surface area contributed by atoms with E-state index in [1.54, 1.807) is 60.7 Å². The van der Waals surface area contributed by atoms with Crippen molar-refractivity contribution in [3.05, 3.63) is 128 Å². The minimum Gasteiger partial charge on any atom is -0.490 e. The van der Waals surface area contributed by atoms with Crippen molar-refractivity contribution in [2.45, 2.75) is 123 Å². The smallest absolute Gasteiger partial charge is 0.320 e. The van der Waals surface area contributed by atoms with Gasteiger partial charge in [-0.2, -0.15) is 0 Å². The Kier molecular flexibility index (Phi) is 22.8. The fourth-order valence-corrected chi connectivity index (χ4v) is 9.81. The van der Waals surface area contributed by atoms with E-state index in [1.807, 2.05) is 24.3 Å². The predicted molar refractivity (Wildman–Crippen MR) is 284 cm³/mol. The normalized spacial score (nSPS) is 29.1. The topological polar surface area (TPSA) is 316 Å². The number of aliphatic hydroxyl groups is 8. The highest BCUT2D eigenvalue weighted by atomic mass is 35.5. The van der Waals surface area contributed by atoms with Gasteiger partial charge in [0.1, 0.15) is 97.8 Å². The van der Waals surface area contributed by atoms with Crippen molar-refractivity contribution < 1.29 is 97.9 Å². The number of carboxylic acid groups (broad SMARTS) is 2. The van der Waals surface area contributed by atoms with Gasteiger partial charge in [0.05, 0.1) is 39.6 Å². The first-order valence-electron chi connectivity index (χ1n) is 26.3. The van der Waals surface area contributed by atoms with Crippen molar-refractivity contribution in [2.75, 3.05) is 65.9 Å². The number of aliphatic carboxylic acids is 2. The van der Waals surface area contributed by atoms with E-state index >= 15 is 0 Å². The van der Waals surface area contributed by atoms with Crippen LogP contribution in [0.4, 0.5) is 8.78 Å². The third-order valence-corrected chi connectivity index (χ3v) is 15.1. The van der Waals surface area contributed by atoms with Crippen molar-refractivity contribution in [3.63, 3.8) is 0 Å². The lowest BCUT2D eigenvalue weighted by atomic mass is 9.90. The van der Waals surface area contributed by atoms with Gasteiger partial charge in [-0.05, 0) is 121 Å². The fourth-order valence-electron chi connectivity index (χ4n) is 9.45. The lowest BCUT2D eigenvalue weighted by Gasteiger charge is -2.40. The summed E-state index contributed by atoms with van der Waals surface area (Å²) < 4.78 is 60.0. The van der Waals surface area contributed by atoms with Crippen LogP contribution in [0, 0.1) is 0 Å². The molecule has 6 aliphatic rings. The highest BCUT2D eigenvalue weighted by Crippen LogP contribution is 2.37. The van der Waals surface area contributed by atoms with Crippen LogP contribution in [0.2, 0.25) is 10.0 Å². The number of hydrogen-bond acceptors (Lipinski definition) is 18. The summed E-state index contributed by atoms with van der Waals surface area (Å²) >= 11 is 12.7. The molecule has 12 N–H and O–H groups in total. The molecule has 0 aliphatic carbocycles. The zero-order valence-electron chi connectivity index (χ0n) is 43.6. The van der Waals surface area contributed by atoms with Gasteiger partial charge in [-0.15, -0.1) is 0 Å². The van der Waals surface area contributed by atoms with E-state index in [2.05, 4.69) is 10.6 Å². The Hall–Kier alpha value is -4.70. The zero-order valence-corrected chi connectivity index (χ0v) is 45.1. The summed E-state index contributed by atoms with van der Waals surface area (Å²) in [6.07, 6.45) is -7.77. The number of halogens is 4. The summed E-state index contributed by atoms with van der Waals surface area (Å²) in [4.78, 5) is 20.3. The number of carboxylic acids is 2. The molecule has 0 aromatic heterocycles. The minimum atomic E-state index is -1.45. The number of hydrogen-bond donors (Lipinski definition) is 12. The fraction of sp³-hybridized carbons (Fsp3) is 0.536. The maximum Gasteiger partial charge on any atom is 0.320 e. The molecule has 4 aromatic rings. The standard InChI is InChI=1S/2C23H26ClFO7.2C5H9NO2/c2*24-17-6-3-14(22-21(29)20(28)19(27)18(9-26)32-22)8-15(17)7-13-1-4-16(5-2-13)31-12-23(25)10-30-11-23;2*7-5(8)4-2-1-3-6-4/h2*1-6,8,18-22,26-29H,7,9-12H2;2*4,6H,1-3H2,(H,7,8)/t2*18-,19-,20+,21-,22+;2*4-/m1100/s1. The SMILES string of the molecule is O=C(O)[C@@H]1CCCN1.O=C(O)[C@@H]1CCCN1.OC[C@H]1O[C@@H](c2ccc(Cl)c(Cc3ccc(OCC4(F)COC4)cc3)c2)[C@H](O)[C@@H](O)[C@@H]1O.OC[C@H]1O[C@@H](c2ccc(Cl)c(Cc3ccc(OCC4(F)COC4)cc3)c2)[C@H](O)[C@@H](O)[C@@H]1O. The summed E-state index contributed by atoms with van der Waals surface area (Å²) in [7, 11) is 0. The lowest BCUT2D eigenvalue weighted by Crippen LogP contribution is -2.55. The number of ether oxygens (including phenoxy) is 6. The largest absolute Gasteiger partial charge is 0.490 e. The van der Waals surface area contributed by atoms with E-state index in [9.17, 15) is 59.2 Å². The zero-order chi connectivity index (χ0) is 57.7. The van der Waals surface area contributed by atoms with Gasteiger partial charge in [0, 0.05) is 10.0 Å². The maximum atomic E-state index is 14.0. The summed E-state index contributed by atoms with van der Waals surface area (Å²) in [6, 6.07) is 24.1. The van der Waals surface area contributed by atoms with E-state index in [4.69, 9.17) is 61.8 Å². The molecule has 12 atom stereocenters. The van der Waals surface area contributed by atoms with E-state index in [-0.39, 0.29) is 51.7 Å². The molecule has 440 valence electrons. The second-order valence-corrected chi connectivity index (χ2v) is 21.5. The van der Waals surface area contributed by atoms with Crippen LogP contribution >= 0.6 is 23.2 Å². The molecule has 0 unspecified atom stereocenters. The Morgan fingerprint density at radius 2 is 0.912 bits per heavy atom. The molecule has 0 radical (unpaired) electrons. The van der Waals surface area contributed by atoms with Gasteiger partial charge in [0.15, 0.2) is 11.3 Å². The Labute approximate surface area is 470 Å². The maximum absolute atomic E-state index is 14.0. The van der Waals surface area contributed by atoms with Crippen LogP contribution in [0.5, 0.6) is 11.5 Å². The summed E-state index contributed by atoms with van der Waals surface area (Å²) in [5.41, 5.74) is 1.70. The number of nitrogens with one attached hydrogen (secondary N) is 2. The monoisotopic (exact) mass is 1170 g/mol. The molecule has 6 saturated heterocycles. The van der Waals surface area contributed by atoms with E-state index in [0.29, 0.717) is 45.5 Å². The first-order chi connectivity index (χ1) is 38.2. The van der Waals surface area contributed by atoms with Gasteiger partial charge in [-0.25, -0.2) is 8.78 Å². The summed E-state index contributed by atoms with van der Waals surface area (Å²) in [6.45, 7) is 0.817. The van der Waals surface area contributed by atoms with Crippen LogP contribution in [0.3, 0.4) is 0 Å². The molecular formula is C56H70Cl2F2N2O18. The van der Waals surface area contributed by atoms with Crippen LogP contribution in [0.15, 0.2) is 84.9 Å². The minimum absolute atomic E-state index is 0.0500. The molecule has 0 saturated carbocycles. The highest BCUT2D eigenvalue weighted by molar-refractivity contribution is 6.31. The van der Waals surface area contributed by atoms with Gasteiger partial charge in [0.2, 0.25) is 0 Å². The molecule has 6 heterocycles. The highest BCUT2D eigenvalue weighted by Gasteiger charge is 2.46. The first kappa shape index (κ1) is 62.9. The van der Waals surface area contributed by atoms with Crippen LogP contribution in [0.25, 0.3) is 0 Å². The number of carbonyl (C=O) groups is 2. The molecule has 0 amide bonds. The van der Waals surface area contributed by atoms with Gasteiger partial charge in [-0.3, -0.25) is 9.59 Å². The number of benzene rings is 4. The Morgan fingerprint density at radius 1 is 0.550 bits per heavy atom.